The van der Waals surface area contributed by atoms with Crippen LogP contribution in [-0.4, -0.2) is 53.3 Å². The second kappa shape index (κ2) is 9.57. The number of phosphoric ester groups is 1. The van der Waals surface area contributed by atoms with E-state index in [4.69, 9.17) is 28.2 Å². The molecule has 0 fully saturated rings. The van der Waals surface area contributed by atoms with Gasteiger partial charge in [0, 0.05) is 11.1 Å². The third kappa shape index (κ3) is 4.65. The standard InChI is InChI=1S/C18H18N3O9P.Na.H/c1-25-11-4-10(7-14(17(11)27-3)30-31(22,23)24)16-15(19-21-20-16)9-5-12(26-2)18-13(6-9)28-8-29-18;;/h4-7H,8H2,1-3H3,(H,19,20,21)(H2,22,23,24);;/q;+1;-1. The quantitative estimate of drug-likeness (QED) is 0.299. The first-order valence-corrected chi connectivity index (χ1v) is 10.3. The summed E-state index contributed by atoms with van der Waals surface area (Å²) in [5.74, 6) is 1.41. The number of aromatic nitrogens is 3. The van der Waals surface area contributed by atoms with Crippen molar-refractivity contribution in [3.63, 3.8) is 0 Å². The fourth-order valence-electron chi connectivity index (χ4n) is 3.16. The molecule has 1 aromatic heterocycles. The molecule has 0 bridgehead atoms. The van der Waals surface area contributed by atoms with Crippen LogP contribution in [0.1, 0.15) is 1.43 Å². The maximum atomic E-state index is 11.4. The van der Waals surface area contributed by atoms with Crippen LogP contribution in [0.25, 0.3) is 22.5 Å². The van der Waals surface area contributed by atoms with E-state index in [0.29, 0.717) is 39.8 Å². The fraction of sp³-hybridized carbons (Fsp3) is 0.222. The number of benzene rings is 2. The number of rotatable bonds is 7. The van der Waals surface area contributed by atoms with Crippen LogP contribution in [0.3, 0.4) is 0 Å². The third-order valence-corrected chi connectivity index (χ3v) is 4.85. The summed E-state index contributed by atoms with van der Waals surface area (Å²) in [7, 11) is -0.658. The molecule has 166 valence electrons. The van der Waals surface area contributed by atoms with Crippen LogP contribution >= 0.6 is 7.82 Å². The SMILES string of the molecule is COc1cc(-c2n[nH]nc2-c2cc(OC)c3c(c2)OCO3)cc(OP(=O)(O)O)c1OC.[H-].[Na+]. The van der Waals surface area contributed by atoms with E-state index in [9.17, 15) is 14.4 Å². The molecule has 2 aromatic carbocycles. The number of H-pyrrole nitrogens is 1. The van der Waals surface area contributed by atoms with Gasteiger partial charge < -0.3 is 29.6 Å². The summed E-state index contributed by atoms with van der Waals surface area (Å²) in [5.41, 5.74) is 1.79. The molecule has 0 amide bonds. The maximum Gasteiger partial charge on any atom is 1.00 e. The minimum absolute atomic E-state index is 0. The number of nitrogens with one attached hydrogen (secondary N) is 1. The number of nitrogens with zero attached hydrogens (tertiary/aromatic N) is 2. The van der Waals surface area contributed by atoms with Crippen LogP contribution in [0.5, 0.6) is 34.5 Å². The molecule has 12 nitrogen and oxygen atoms in total. The van der Waals surface area contributed by atoms with Gasteiger partial charge in [-0.3, -0.25) is 9.79 Å². The molecular formula is C18H19N3NaO9P. The summed E-state index contributed by atoms with van der Waals surface area (Å²) >= 11 is 0. The van der Waals surface area contributed by atoms with Crippen molar-refractivity contribution in [2.75, 3.05) is 28.1 Å². The van der Waals surface area contributed by atoms with Gasteiger partial charge in [0.05, 0.1) is 21.3 Å². The molecule has 0 unspecified atom stereocenters. The van der Waals surface area contributed by atoms with Gasteiger partial charge in [-0.15, -0.1) is 0 Å². The molecule has 2 heterocycles. The molecule has 1 aliphatic rings. The van der Waals surface area contributed by atoms with E-state index < -0.39 is 7.82 Å². The molecule has 32 heavy (non-hydrogen) atoms. The molecule has 3 aromatic rings. The predicted molar refractivity (Wildman–Crippen MR) is 107 cm³/mol. The number of phosphoric acid groups is 1. The Labute approximate surface area is 205 Å². The zero-order chi connectivity index (χ0) is 22.2. The van der Waals surface area contributed by atoms with Gasteiger partial charge in [0.1, 0.15) is 11.4 Å². The van der Waals surface area contributed by atoms with Crippen LogP contribution in [-0.2, 0) is 4.57 Å². The van der Waals surface area contributed by atoms with Crippen molar-refractivity contribution in [1.82, 2.24) is 15.4 Å². The summed E-state index contributed by atoms with van der Waals surface area (Å²) in [6, 6.07) is 6.38. The van der Waals surface area contributed by atoms with Gasteiger partial charge >= 0.3 is 37.4 Å². The Morgan fingerprint density at radius 3 is 2.12 bits per heavy atom. The summed E-state index contributed by atoms with van der Waals surface area (Å²) < 4.78 is 43.0. The normalized spacial score (nSPS) is 12.2. The molecule has 0 saturated carbocycles. The van der Waals surface area contributed by atoms with Crippen molar-refractivity contribution >= 4 is 7.82 Å². The molecule has 14 heteroatoms. The first kappa shape index (κ1) is 24.2. The molecule has 3 N–H and O–H groups in total. The van der Waals surface area contributed by atoms with Crippen LogP contribution < -0.4 is 57.8 Å². The predicted octanol–water partition coefficient (Wildman–Crippen LogP) is -0.519. The van der Waals surface area contributed by atoms with E-state index in [2.05, 4.69) is 15.4 Å². The number of hydrogen-bond donors (Lipinski definition) is 3. The molecule has 1 aliphatic heterocycles. The Bertz CT molecular complexity index is 1190. The van der Waals surface area contributed by atoms with Gasteiger partial charge in [0.25, 0.3) is 0 Å². The molecule has 0 aliphatic carbocycles. The van der Waals surface area contributed by atoms with E-state index in [0.717, 1.165) is 0 Å². The van der Waals surface area contributed by atoms with Crippen molar-refractivity contribution in [2.45, 2.75) is 0 Å². The van der Waals surface area contributed by atoms with Crippen molar-refractivity contribution in [3.05, 3.63) is 24.3 Å². The minimum Gasteiger partial charge on any atom is -1.00 e. The van der Waals surface area contributed by atoms with Crippen molar-refractivity contribution < 1.29 is 73.5 Å². The van der Waals surface area contributed by atoms with Gasteiger partial charge in [-0.25, -0.2) is 4.57 Å². The number of hydrogen-bond acceptors (Lipinski definition) is 9. The second-order valence-corrected chi connectivity index (χ2v) is 7.39. The Hall–Kier alpha value is -2.47. The number of methoxy groups -OCH3 is 3. The molecular weight excluding hydrogens is 456 g/mol. The summed E-state index contributed by atoms with van der Waals surface area (Å²) in [6.07, 6.45) is 0. The smallest absolute Gasteiger partial charge is 1.00 e. The number of aromatic amines is 1. The molecule has 0 spiro atoms. The van der Waals surface area contributed by atoms with E-state index >= 15 is 0 Å². The summed E-state index contributed by atoms with van der Waals surface area (Å²) in [6.45, 7) is 0.0690. The fourth-order valence-corrected chi connectivity index (χ4v) is 3.55. The molecule has 0 saturated heterocycles. The van der Waals surface area contributed by atoms with Gasteiger partial charge in [-0.2, -0.15) is 15.4 Å². The Morgan fingerprint density at radius 1 is 0.938 bits per heavy atom. The largest absolute Gasteiger partial charge is 1.00 e. The van der Waals surface area contributed by atoms with Gasteiger partial charge in [-0.05, 0) is 24.3 Å². The summed E-state index contributed by atoms with van der Waals surface area (Å²) in [4.78, 5) is 18.5. The topological polar surface area (TPSA) is 154 Å². The van der Waals surface area contributed by atoms with Crippen LogP contribution in [0.4, 0.5) is 0 Å². The zero-order valence-corrected chi connectivity index (χ0v) is 20.5. The van der Waals surface area contributed by atoms with Crippen molar-refractivity contribution in [2.24, 2.45) is 0 Å². The Kier molecular flexibility index (Phi) is 7.23. The van der Waals surface area contributed by atoms with Crippen LogP contribution in [0, 0.1) is 0 Å². The minimum atomic E-state index is -4.87. The second-order valence-electron chi connectivity index (χ2n) is 6.22. The van der Waals surface area contributed by atoms with Gasteiger partial charge in [0.15, 0.2) is 23.0 Å². The third-order valence-electron chi connectivity index (χ3n) is 4.42. The Morgan fingerprint density at radius 2 is 1.53 bits per heavy atom. The van der Waals surface area contributed by atoms with E-state index in [1.165, 1.54) is 27.4 Å². The number of fused-ring (bicyclic) bond motifs is 1. The van der Waals surface area contributed by atoms with E-state index in [1.807, 2.05) is 0 Å². The van der Waals surface area contributed by atoms with Gasteiger partial charge in [-0.1, -0.05) is 0 Å². The first-order valence-electron chi connectivity index (χ1n) is 8.75. The van der Waals surface area contributed by atoms with Crippen LogP contribution in [0.15, 0.2) is 24.3 Å². The maximum absolute atomic E-state index is 11.4. The average Bonchev–Trinajstić information content (AvgIpc) is 3.40. The number of ether oxygens (including phenoxy) is 5. The molecule has 4 rings (SSSR count). The van der Waals surface area contributed by atoms with Crippen molar-refractivity contribution in [1.29, 1.82) is 0 Å². The molecule has 0 atom stereocenters. The Balaban J connectivity index is 0.00000193. The first-order chi connectivity index (χ1) is 14.8. The van der Waals surface area contributed by atoms with Crippen molar-refractivity contribution in [3.8, 4) is 57.0 Å². The van der Waals surface area contributed by atoms with Gasteiger partial charge in [0.2, 0.25) is 18.3 Å². The summed E-state index contributed by atoms with van der Waals surface area (Å²) in [5, 5.41) is 11.0. The monoisotopic (exact) mass is 475 g/mol. The molecule has 0 radical (unpaired) electrons. The zero-order valence-electron chi connectivity index (χ0n) is 18.6. The van der Waals surface area contributed by atoms with E-state index in [1.54, 1.807) is 18.2 Å². The average molecular weight is 475 g/mol. The van der Waals surface area contributed by atoms with Crippen LogP contribution in [0.2, 0.25) is 0 Å². The van der Waals surface area contributed by atoms with E-state index in [-0.39, 0.29) is 55.0 Å².